The molecule has 2 aromatic carbocycles. The van der Waals surface area contributed by atoms with E-state index in [9.17, 15) is 18.4 Å². The Kier molecular flexibility index (Phi) is 6.06. The molecule has 4 nitrogen and oxygen atoms in total. The Balaban J connectivity index is 1.51. The minimum absolute atomic E-state index is 0.0185. The average molecular weight is 393 g/mol. The molecule has 27 heavy (non-hydrogen) atoms. The van der Waals surface area contributed by atoms with E-state index in [2.05, 4.69) is 0 Å². The number of halogens is 3. The zero-order chi connectivity index (χ0) is 19.4. The van der Waals surface area contributed by atoms with Gasteiger partial charge in [0.2, 0.25) is 5.91 Å². The second-order valence-electron chi connectivity index (χ2n) is 6.42. The van der Waals surface area contributed by atoms with Crippen LogP contribution in [0.5, 0.6) is 0 Å². The van der Waals surface area contributed by atoms with Crippen molar-refractivity contribution in [2.45, 2.75) is 12.8 Å². The third-order valence-corrected chi connectivity index (χ3v) is 4.87. The van der Waals surface area contributed by atoms with E-state index in [1.807, 2.05) is 12.1 Å². The molecule has 0 atom stereocenters. The molecule has 2 amide bonds. The SMILES string of the molecule is O=C(CCc1ccc(Cl)cc1)N1CCN(C(=O)c2ccc(F)cc2F)CC1. The fourth-order valence-electron chi connectivity index (χ4n) is 3.05. The first kappa shape index (κ1) is 19.3. The van der Waals surface area contributed by atoms with Gasteiger partial charge in [0.15, 0.2) is 0 Å². The molecule has 142 valence electrons. The quantitative estimate of drug-likeness (QED) is 0.798. The van der Waals surface area contributed by atoms with Gasteiger partial charge >= 0.3 is 0 Å². The molecule has 0 spiro atoms. The number of hydrogen-bond donors (Lipinski definition) is 0. The van der Waals surface area contributed by atoms with Crippen molar-refractivity contribution in [1.82, 2.24) is 9.80 Å². The molecular formula is C20H19ClF2N2O2. The second kappa shape index (κ2) is 8.48. The van der Waals surface area contributed by atoms with Crippen molar-refractivity contribution in [2.24, 2.45) is 0 Å². The Morgan fingerprint density at radius 3 is 2.19 bits per heavy atom. The third kappa shape index (κ3) is 4.83. The number of piperazine rings is 1. The number of carbonyl (C=O) groups is 2. The van der Waals surface area contributed by atoms with E-state index in [1.54, 1.807) is 17.0 Å². The largest absolute Gasteiger partial charge is 0.339 e. The summed E-state index contributed by atoms with van der Waals surface area (Å²) in [6, 6.07) is 10.3. The van der Waals surface area contributed by atoms with Crippen molar-refractivity contribution in [3.05, 3.63) is 70.2 Å². The molecule has 7 heteroatoms. The summed E-state index contributed by atoms with van der Waals surface area (Å²) in [7, 11) is 0. The Morgan fingerprint density at radius 2 is 1.56 bits per heavy atom. The number of carbonyl (C=O) groups excluding carboxylic acids is 2. The van der Waals surface area contributed by atoms with Crippen LogP contribution in [0.15, 0.2) is 42.5 Å². The smallest absolute Gasteiger partial charge is 0.256 e. The van der Waals surface area contributed by atoms with Crippen LogP contribution in [0, 0.1) is 11.6 Å². The first-order valence-electron chi connectivity index (χ1n) is 8.70. The zero-order valence-corrected chi connectivity index (χ0v) is 15.4. The van der Waals surface area contributed by atoms with Crippen LogP contribution in [0.4, 0.5) is 8.78 Å². The van der Waals surface area contributed by atoms with Gasteiger partial charge in [-0.2, -0.15) is 0 Å². The molecule has 0 unspecified atom stereocenters. The molecule has 0 aromatic heterocycles. The summed E-state index contributed by atoms with van der Waals surface area (Å²) in [4.78, 5) is 28.0. The third-order valence-electron chi connectivity index (χ3n) is 4.62. The normalized spacial score (nSPS) is 14.3. The van der Waals surface area contributed by atoms with Crippen molar-refractivity contribution in [3.63, 3.8) is 0 Å². The number of benzene rings is 2. The van der Waals surface area contributed by atoms with Crippen molar-refractivity contribution >= 4 is 23.4 Å². The molecule has 1 aliphatic heterocycles. The summed E-state index contributed by atoms with van der Waals surface area (Å²) in [5.74, 6) is -2.06. The second-order valence-corrected chi connectivity index (χ2v) is 6.86. The molecule has 1 aliphatic rings. The summed E-state index contributed by atoms with van der Waals surface area (Å²) in [5.41, 5.74) is 0.882. The summed E-state index contributed by atoms with van der Waals surface area (Å²) >= 11 is 5.85. The highest BCUT2D eigenvalue weighted by Gasteiger charge is 2.26. The van der Waals surface area contributed by atoms with Gasteiger partial charge in [0.1, 0.15) is 11.6 Å². The molecule has 1 fully saturated rings. The maximum absolute atomic E-state index is 13.8. The highest BCUT2D eigenvalue weighted by Crippen LogP contribution is 2.15. The molecule has 1 heterocycles. The minimum atomic E-state index is -0.874. The summed E-state index contributed by atoms with van der Waals surface area (Å²) in [6.07, 6.45) is 0.998. The predicted octanol–water partition coefficient (Wildman–Crippen LogP) is 3.54. The van der Waals surface area contributed by atoms with Crippen molar-refractivity contribution < 1.29 is 18.4 Å². The van der Waals surface area contributed by atoms with Gasteiger partial charge in [0.05, 0.1) is 5.56 Å². The van der Waals surface area contributed by atoms with Gasteiger partial charge in [-0.05, 0) is 36.2 Å². The fraction of sp³-hybridized carbons (Fsp3) is 0.300. The summed E-state index contributed by atoms with van der Waals surface area (Å²) in [5, 5.41) is 0.656. The summed E-state index contributed by atoms with van der Waals surface area (Å²) in [6.45, 7) is 1.44. The van der Waals surface area contributed by atoms with Gasteiger partial charge in [0, 0.05) is 43.7 Å². The Bertz CT molecular complexity index is 834. The lowest BCUT2D eigenvalue weighted by molar-refractivity contribution is -0.132. The molecule has 0 saturated carbocycles. The summed E-state index contributed by atoms with van der Waals surface area (Å²) < 4.78 is 26.8. The topological polar surface area (TPSA) is 40.6 Å². The zero-order valence-electron chi connectivity index (χ0n) is 14.6. The Morgan fingerprint density at radius 1 is 0.926 bits per heavy atom. The molecule has 0 radical (unpaired) electrons. The minimum Gasteiger partial charge on any atom is -0.339 e. The molecule has 1 saturated heterocycles. The number of nitrogens with zero attached hydrogens (tertiary/aromatic N) is 2. The molecule has 3 rings (SSSR count). The van der Waals surface area contributed by atoms with E-state index < -0.39 is 17.5 Å². The fourth-order valence-corrected chi connectivity index (χ4v) is 3.18. The van der Waals surface area contributed by atoms with Crippen LogP contribution in [-0.4, -0.2) is 47.8 Å². The van der Waals surface area contributed by atoms with Gasteiger partial charge < -0.3 is 9.80 Å². The maximum Gasteiger partial charge on any atom is 0.256 e. The number of aryl methyl sites for hydroxylation is 1. The first-order valence-corrected chi connectivity index (χ1v) is 9.08. The van der Waals surface area contributed by atoms with E-state index in [1.165, 1.54) is 4.90 Å². The van der Waals surface area contributed by atoms with Crippen LogP contribution < -0.4 is 0 Å². The standard InChI is InChI=1S/C20H19ClF2N2O2/c21-15-4-1-14(2-5-15)3-8-19(26)24-9-11-25(12-10-24)20(27)17-7-6-16(22)13-18(17)23/h1-2,4-7,13H,3,8-12H2. The lowest BCUT2D eigenvalue weighted by Gasteiger charge is -2.35. The van der Waals surface area contributed by atoms with E-state index in [-0.39, 0.29) is 11.5 Å². The van der Waals surface area contributed by atoms with E-state index in [0.717, 1.165) is 17.7 Å². The molecule has 2 aromatic rings. The van der Waals surface area contributed by atoms with Crippen molar-refractivity contribution in [3.8, 4) is 0 Å². The van der Waals surface area contributed by atoms with Crippen LogP contribution in [0.25, 0.3) is 0 Å². The Labute approximate surface area is 161 Å². The number of rotatable bonds is 4. The van der Waals surface area contributed by atoms with E-state index in [0.29, 0.717) is 50.1 Å². The molecular weight excluding hydrogens is 374 g/mol. The van der Waals surface area contributed by atoms with Gasteiger partial charge in [-0.1, -0.05) is 23.7 Å². The van der Waals surface area contributed by atoms with Gasteiger partial charge in [-0.15, -0.1) is 0 Å². The van der Waals surface area contributed by atoms with Crippen molar-refractivity contribution in [2.75, 3.05) is 26.2 Å². The van der Waals surface area contributed by atoms with Crippen molar-refractivity contribution in [1.29, 1.82) is 0 Å². The van der Waals surface area contributed by atoms with Crippen LogP contribution in [0.3, 0.4) is 0 Å². The maximum atomic E-state index is 13.8. The predicted molar refractivity (Wildman–Crippen MR) is 98.6 cm³/mol. The average Bonchev–Trinajstić information content (AvgIpc) is 2.67. The Hall–Kier alpha value is -2.47. The first-order chi connectivity index (χ1) is 12.9. The monoisotopic (exact) mass is 392 g/mol. The van der Waals surface area contributed by atoms with Gasteiger partial charge in [-0.25, -0.2) is 8.78 Å². The van der Waals surface area contributed by atoms with Crippen LogP contribution in [0.2, 0.25) is 5.02 Å². The number of hydrogen-bond acceptors (Lipinski definition) is 2. The van der Waals surface area contributed by atoms with E-state index >= 15 is 0 Å². The molecule has 0 bridgehead atoms. The van der Waals surface area contributed by atoms with Crippen LogP contribution >= 0.6 is 11.6 Å². The van der Waals surface area contributed by atoms with Crippen LogP contribution in [0.1, 0.15) is 22.3 Å². The highest BCUT2D eigenvalue weighted by molar-refractivity contribution is 6.30. The van der Waals surface area contributed by atoms with Gasteiger partial charge in [-0.3, -0.25) is 9.59 Å². The molecule has 0 N–H and O–H groups in total. The number of amides is 2. The van der Waals surface area contributed by atoms with E-state index in [4.69, 9.17) is 11.6 Å². The molecule has 0 aliphatic carbocycles. The van der Waals surface area contributed by atoms with Gasteiger partial charge in [0.25, 0.3) is 5.91 Å². The van der Waals surface area contributed by atoms with Crippen LogP contribution in [-0.2, 0) is 11.2 Å². The lowest BCUT2D eigenvalue weighted by Crippen LogP contribution is -2.50. The lowest BCUT2D eigenvalue weighted by atomic mass is 10.1. The highest BCUT2D eigenvalue weighted by atomic mass is 35.5.